The van der Waals surface area contributed by atoms with E-state index in [-0.39, 0.29) is 5.91 Å². The van der Waals surface area contributed by atoms with Gasteiger partial charge in [-0.25, -0.2) is 9.97 Å². The number of aryl methyl sites for hydroxylation is 2. The fraction of sp³-hybridized carbons (Fsp3) is 0.409. The molecule has 2 aliphatic rings. The number of hydrogen-bond donors (Lipinski definition) is 0. The lowest BCUT2D eigenvalue weighted by atomic mass is 9.87. The van der Waals surface area contributed by atoms with E-state index in [0.29, 0.717) is 17.5 Å². The molecule has 0 saturated carbocycles. The third kappa shape index (κ3) is 2.98. The molecule has 3 heterocycles. The summed E-state index contributed by atoms with van der Waals surface area (Å²) in [6.07, 6.45) is 7.07. The quantitative estimate of drug-likeness (QED) is 0.690. The van der Waals surface area contributed by atoms with Crippen LogP contribution < -0.4 is 0 Å². The maximum Gasteiger partial charge on any atom is 0.272 e. The number of amides is 1. The molecule has 144 valence electrons. The molecule has 3 aromatic rings. The third-order valence-corrected chi connectivity index (χ3v) is 6.22. The predicted molar refractivity (Wildman–Crippen MR) is 107 cm³/mol. The number of aromatic nitrogens is 3. The van der Waals surface area contributed by atoms with Crippen molar-refractivity contribution in [2.24, 2.45) is 0 Å². The van der Waals surface area contributed by atoms with E-state index in [1.165, 1.54) is 17.5 Å². The van der Waals surface area contributed by atoms with Crippen molar-refractivity contribution in [3.05, 3.63) is 65.2 Å². The van der Waals surface area contributed by atoms with Crippen molar-refractivity contribution in [3.63, 3.8) is 0 Å². The Hall–Kier alpha value is -2.73. The minimum absolute atomic E-state index is 0.0617. The minimum atomic E-state index is 0.0617. The Morgan fingerprint density at radius 1 is 1.07 bits per heavy atom. The van der Waals surface area contributed by atoms with E-state index in [1.54, 1.807) is 6.20 Å². The Morgan fingerprint density at radius 3 is 2.68 bits per heavy atom. The first-order valence-electron chi connectivity index (χ1n) is 10.1. The molecule has 6 heteroatoms. The Balaban J connectivity index is 1.27. The van der Waals surface area contributed by atoms with Gasteiger partial charge in [-0.15, -0.1) is 0 Å². The van der Waals surface area contributed by atoms with E-state index in [2.05, 4.69) is 39.1 Å². The average molecular weight is 375 g/mol. The zero-order chi connectivity index (χ0) is 19.1. The van der Waals surface area contributed by atoms with Crippen molar-refractivity contribution >= 4 is 11.7 Å². The van der Waals surface area contributed by atoms with Crippen LogP contribution in [0.15, 0.2) is 42.7 Å². The standard InChI is InChI=1S/C22H25N5O/c1-16-20(27-10-4-9-23-22(27)24-16)21(28)26-13-11-25(12-14-26)19-8-7-17-5-2-3-6-18(17)15-19/h2-6,9-10,19H,7-8,11-15H2,1H3/t19-/m1/s1. The van der Waals surface area contributed by atoms with Gasteiger partial charge in [0.05, 0.1) is 5.69 Å². The molecule has 28 heavy (non-hydrogen) atoms. The zero-order valence-electron chi connectivity index (χ0n) is 16.2. The lowest BCUT2D eigenvalue weighted by molar-refractivity contribution is 0.0546. The summed E-state index contributed by atoms with van der Waals surface area (Å²) < 4.78 is 1.81. The van der Waals surface area contributed by atoms with Crippen LogP contribution in [0.25, 0.3) is 5.78 Å². The SMILES string of the molecule is Cc1nc2ncccn2c1C(=O)N1CCN([C@@H]2CCc3ccccc3C2)CC1. The summed E-state index contributed by atoms with van der Waals surface area (Å²) in [5, 5.41) is 0. The molecule has 1 aromatic carbocycles. The number of nitrogens with zero attached hydrogens (tertiary/aromatic N) is 5. The normalized spacial score (nSPS) is 20.3. The molecular weight excluding hydrogens is 350 g/mol. The van der Waals surface area contributed by atoms with Crippen LogP contribution in [0.2, 0.25) is 0 Å². The number of fused-ring (bicyclic) bond motifs is 2. The summed E-state index contributed by atoms with van der Waals surface area (Å²) in [7, 11) is 0. The van der Waals surface area contributed by atoms with Gasteiger partial charge >= 0.3 is 0 Å². The maximum atomic E-state index is 13.2. The van der Waals surface area contributed by atoms with E-state index in [1.807, 2.05) is 28.5 Å². The van der Waals surface area contributed by atoms with Crippen molar-refractivity contribution in [2.45, 2.75) is 32.2 Å². The summed E-state index contributed by atoms with van der Waals surface area (Å²) in [5.41, 5.74) is 4.38. The van der Waals surface area contributed by atoms with Gasteiger partial charge in [0.2, 0.25) is 5.78 Å². The number of imidazole rings is 1. The first kappa shape index (κ1) is 17.4. The Kier molecular flexibility index (Phi) is 4.36. The lowest BCUT2D eigenvalue weighted by Gasteiger charge is -2.41. The maximum absolute atomic E-state index is 13.2. The Labute approximate surface area is 164 Å². The van der Waals surface area contributed by atoms with Gasteiger partial charge in [0.1, 0.15) is 5.69 Å². The summed E-state index contributed by atoms with van der Waals surface area (Å²) >= 11 is 0. The topological polar surface area (TPSA) is 53.7 Å². The highest BCUT2D eigenvalue weighted by atomic mass is 16.2. The molecule has 0 bridgehead atoms. The van der Waals surface area contributed by atoms with Crippen molar-refractivity contribution in [2.75, 3.05) is 26.2 Å². The molecule has 5 rings (SSSR count). The summed E-state index contributed by atoms with van der Waals surface area (Å²) in [4.78, 5) is 26.4. The molecule has 1 amide bonds. The monoisotopic (exact) mass is 375 g/mol. The molecule has 6 nitrogen and oxygen atoms in total. The van der Waals surface area contributed by atoms with Crippen LogP contribution >= 0.6 is 0 Å². The first-order chi connectivity index (χ1) is 13.7. The van der Waals surface area contributed by atoms with Crippen molar-refractivity contribution in [3.8, 4) is 0 Å². The highest BCUT2D eigenvalue weighted by molar-refractivity contribution is 5.94. The second-order valence-corrected chi connectivity index (χ2v) is 7.83. The van der Waals surface area contributed by atoms with E-state index >= 15 is 0 Å². The van der Waals surface area contributed by atoms with Crippen LogP contribution in [-0.4, -0.2) is 62.3 Å². The lowest BCUT2D eigenvalue weighted by Crippen LogP contribution is -2.53. The van der Waals surface area contributed by atoms with Gasteiger partial charge in [0.25, 0.3) is 5.91 Å². The number of carbonyl (C=O) groups excluding carboxylic acids is 1. The molecule has 0 unspecified atom stereocenters. The molecule has 0 spiro atoms. The van der Waals surface area contributed by atoms with E-state index in [4.69, 9.17) is 0 Å². The smallest absolute Gasteiger partial charge is 0.272 e. The van der Waals surface area contributed by atoms with Gasteiger partial charge in [0.15, 0.2) is 0 Å². The van der Waals surface area contributed by atoms with Gasteiger partial charge in [-0.1, -0.05) is 24.3 Å². The third-order valence-electron chi connectivity index (χ3n) is 6.22. The Bertz CT molecular complexity index is 1020. The fourth-order valence-electron chi connectivity index (χ4n) is 4.69. The largest absolute Gasteiger partial charge is 0.335 e. The molecule has 0 radical (unpaired) electrons. The van der Waals surface area contributed by atoms with Gasteiger partial charge in [-0.3, -0.25) is 14.1 Å². The molecule has 1 saturated heterocycles. The van der Waals surface area contributed by atoms with E-state index in [9.17, 15) is 4.79 Å². The first-order valence-corrected chi connectivity index (χ1v) is 10.1. The Morgan fingerprint density at radius 2 is 1.86 bits per heavy atom. The number of benzene rings is 1. The van der Waals surface area contributed by atoms with Crippen LogP contribution in [0, 0.1) is 6.92 Å². The number of piperazine rings is 1. The van der Waals surface area contributed by atoms with Crippen molar-refractivity contribution < 1.29 is 4.79 Å². The number of rotatable bonds is 2. The van der Waals surface area contributed by atoms with Crippen LogP contribution in [0.1, 0.15) is 33.7 Å². The van der Waals surface area contributed by atoms with Crippen molar-refractivity contribution in [1.29, 1.82) is 0 Å². The van der Waals surface area contributed by atoms with E-state index < -0.39 is 0 Å². The molecule has 1 atom stereocenters. The summed E-state index contributed by atoms with van der Waals surface area (Å²) in [6.45, 7) is 5.30. The van der Waals surface area contributed by atoms with Gasteiger partial charge in [0, 0.05) is 44.6 Å². The summed E-state index contributed by atoms with van der Waals surface area (Å²) in [6, 6.07) is 11.2. The van der Waals surface area contributed by atoms with Crippen LogP contribution in [-0.2, 0) is 12.8 Å². The highest BCUT2D eigenvalue weighted by Crippen LogP contribution is 2.25. The second-order valence-electron chi connectivity index (χ2n) is 7.83. The van der Waals surface area contributed by atoms with Crippen molar-refractivity contribution in [1.82, 2.24) is 24.2 Å². The highest BCUT2D eigenvalue weighted by Gasteiger charge is 2.30. The fourth-order valence-corrected chi connectivity index (χ4v) is 4.69. The minimum Gasteiger partial charge on any atom is -0.335 e. The summed E-state index contributed by atoms with van der Waals surface area (Å²) in [5.74, 6) is 0.648. The molecule has 1 fully saturated rings. The molecule has 1 aliphatic heterocycles. The molecule has 1 aliphatic carbocycles. The van der Waals surface area contributed by atoms with Gasteiger partial charge < -0.3 is 4.90 Å². The predicted octanol–water partition coefficient (Wildman–Crippen LogP) is 2.35. The zero-order valence-corrected chi connectivity index (χ0v) is 16.2. The van der Waals surface area contributed by atoms with Crippen LogP contribution in [0.4, 0.5) is 0 Å². The number of carbonyl (C=O) groups is 1. The van der Waals surface area contributed by atoms with Gasteiger partial charge in [-0.05, 0) is 43.4 Å². The van der Waals surface area contributed by atoms with E-state index in [0.717, 1.165) is 44.7 Å². The molecular formula is C22H25N5O. The number of hydrogen-bond acceptors (Lipinski definition) is 4. The van der Waals surface area contributed by atoms with Gasteiger partial charge in [-0.2, -0.15) is 0 Å². The van der Waals surface area contributed by atoms with Crippen LogP contribution in [0.5, 0.6) is 0 Å². The van der Waals surface area contributed by atoms with Crippen LogP contribution in [0.3, 0.4) is 0 Å². The molecule has 0 N–H and O–H groups in total. The average Bonchev–Trinajstić information content (AvgIpc) is 3.08. The molecule has 2 aromatic heterocycles. The second kappa shape index (κ2) is 7.02.